The van der Waals surface area contributed by atoms with Gasteiger partial charge in [-0.2, -0.15) is 15.6 Å². The van der Waals surface area contributed by atoms with E-state index < -0.39 is 6.10 Å². The van der Waals surface area contributed by atoms with Gasteiger partial charge in [0.15, 0.2) is 6.10 Å². The Morgan fingerprint density at radius 3 is 2.64 bits per heavy atom. The molecule has 2 saturated heterocycles. The number of hydroxylamine groups is 2. The van der Waals surface area contributed by atoms with E-state index in [1.165, 1.54) is 0 Å². The molecule has 4 heteroatoms. The molecule has 0 aromatic heterocycles. The summed E-state index contributed by atoms with van der Waals surface area (Å²) >= 11 is 0. The maximum atomic E-state index is 8.98. The first-order chi connectivity index (χ1) is 6.60. The van der Waals surface area contributed by atoms with Gasteiger partial charge in [0.2, 0.25) is 0 Å². The Bertz CT molecular complexity index is 325. The molecule has 74 valence electrons. The normalized spacial score (nSPS) is 40.1. The van der Waals surface area contributed by atoms with Crippen LogP contribution in [0.2, 0.25) is 0 Å². The minimum atomic E-state index is -0.579. The van der Waals surface area contributed by atoms with Gasteiger partial charge >= 0.3 is 0 Å². The molecule has 0 radical (unpaired) electrons. The van der Waals surface area contributed by atoms with Crippen molar-refractivity contribution in [3.63, 3.8) is 0 Å². The third-order valence-corrected chi connectivity index (χ3v) is 3.19. The molecule has 0 aromatic carbocycles. The van der Waals surface area contributed by atoms with E-state index in [1.807, 2.05) is 11.1 Å². The molecule has 2 aliphatic heterocycles. The van der Waals surface area contributed by atoms with E-state index in [9.17, 15) is 0 Å². The average Bonchev–Trinajstić information content (AvgIpc) is 2.64. The van der Waals surface area contributed by atoms with Crippen LogP contribution in [0.3, 0.4) is 0 Å². The van der Waals surface area contributed by atoms with Crippen LogP contribution in [0, 0.1) is 28.6 Å². The SMILES string of the molecule is CC1(C)CC[C@@H]2[C@H](C#N)[C@H](C#N)ON21. The van der Waals surface area contributed by atoms with Crippen LogP contribution in [-0.4, -0.2) is 22.7 Å². The van der Waals surface area contributed by atoms with Crippen LogP contribution >= 0.6 is 0 Å². The van der Waals surface area contributed by atoms with Gasteiger partial charge in [0.05, 0.1) is 18.2 Å². The van der Waals surface area contributed by atoms with Crippen LogP contribution in [0.4, 0.5) is 0 Å². The molecule has 0 unspecified atom stereocenters. The first-order valence-electron chi connectivity index (χ1n) is 4.85. The van der Waals surface area contributed by atoms with E-state index in [2.05, 4.69) is 19.9 Å². The van der Waals surface area contributed by atoms with Gasteiger partial charge in [-0.1, -0.05) is 0 Å². The van der Waals surface area contributed by atoms with Crippen molar-refractivity contribution in [1.82, 2.24) is 5.06 Å². The van der Waals surface area contributed by atoms with Crippen molar-refractivity contribution in [2.45, 2.75) is 44.4 Å². The Labute approximate surface area is 83.6 Å². The van der Waals surface area contributed by atoms with Gasteiger partial charge in [-0.25, -0.2) is 0 Å². The molecular weight excluding hydrogens is 178 g/mol. The van der Waals surface area contributed by atoms with E-state index in [-0.39, 0.29) is 17.5 Å². The number of rotatable bonds is 0. The van der Waals surface area contributed by atoms with Crippen molar-refractivity contribution in [2.24, 2.45) is 5.92 Å². The molecule has 0 aliphatic carbocycles. The maximum Gasteiger partial charge on any atom is 0.182 e. The number of hydrogen-bond donors (Lipinski definition) is 0. The lowest BCUT2D eigenvalue weighted by molar-refractivity contribution is -0.186. The van der Waals surface area contributed by atoms with Gasteiger partial charge in [-0.3, -0.25) is 4.84 Å². The second-order valence-electron chi connectivity index (χ2n) is 4.55. The Morgan fingerprint density at radius 1 is 1.36 bits per heavy atom. The summed E-state index contributed by atoms with van der Waals surface area (Å²) in [6.45, 7) is 4.17. The highest BCUT2D eigenvalue weighted by Gasteiger charge is 2.53. The predicted molar refractivity (Wildman–Crippen MR) is 48.5 cm³/mol. The first-order valence-corrected chi connectivity index (χ1v) is 4.85. The molecule has 0 aromatic rings. The minimum Gasteiger partial charge on any atom is -0.278 e. The number of nitrogens with zero attached hydrogens (tertiary/aromatic N) is 3. The molecule has 0 N–H and O–H groups in total. The van der Waals surface area contributed by atoms with Crippen molar-refractivity contribution >= 4 is 0 Å². The second-order valence-corrected chi connectivity index (χ2v) is 4.55. The topological polar surface area (TPSA) is 60.1 Å². The lowest BCUT2D eigenvalue weighted by Crippen LogP contribution is -2.39. The monoisotopic (exact) mass is 191 g/mol. The zero-order valence-corrected chi connectivity index (χ0v) is 8.40. The lowest BCUT2D eigenvalue weighted by Gasteiger charge is -2.29. The molecule has 14 heavy (non-hydrogen) atoms. The van der Waals surface area contributed by atoms with Crippen LogP contribution < -0.4 is 0 Å². The van der Waals surface area contributed by atoms with E-state index >= 15 is 0 Å². The molecule has 2 heterocycles. The van der Waals surface area contributed by atoms with Crippen LogP contribution in [-0.2, 0) is 4.84 Å². The second kappa shape index (κ2) is 2.95. The van der Waals surface area contributed by atoms with Crippen LogP contribution in [0.5, 0.6) is 0 Å². The molecule has 0 bridgehead atoms. The van der Waals surface area contributed by atoms with E-state index in [0.717, 1.165) is 12.8 Å². The fourth-order valence-electron chi connectivity index (χ4n) is 2.37. The Morgan fingerprint density at radius 2 is 2.07 bits per heavy atom. The summed E-state index contributed by atoms with van der Waals surface area (Å²) in [4.78, 5) is 5.50. The largest absolute Gasteiger partial charge is 0.278 e. The van der Waals surface area contributed by atoms with Crippen LogP contribution in [0.1, 0.15) is 26.7 Å². The molecule has 2 rings (SSSR count). The highest BCUT2D eigenvalue weighted by Crippen LogP contribution is 2.43. The maximum absolute atomic E-state index is 8.98. The average molecular weight is 191 g/mol. The van der Waals surface area contributed by atoms with Gasteiger partial charge in [-0.15, -0.1) is 0 Å². The summed E-state index contributed by atoms with van der Waals surface area (Å²) in [5, 5.41) is 19.7. The third kappa shape index (κ3) is 1.12. The van der Waals surface area contributed by atoms with Gasteiger partial charge < -0.3 is 0 Å². The van der Waals surface area contributed by atoms with Crippen molar-refractivity contribution < 1.29 is 4.84 Å². The molecule has 2 aliphatic rings. The predicted octanol–water partition coefficient (Wildman–Crippen LogP) is 1.21. The Kier molecular flexibility index (Phi) is 1.99. The highest BCUT2D eigenvalue weighted by molar-refractivity contribution is 5.12. The summed E-state index contributed by atoms with van der Waals surface area (Å²) in [5.41, 5.74) is -0.0363. The summed E-state index contributed by atoms with van der Waals surface area (Å²) in [7, 11) is 0. The fraction of sp³-hybridized carbons (Fsp3) is 0.800. The van der Waals surface area contributed by atoms with E-state index in [4.69, 9.17) is 15.4 Å². The van der Waals surface area contributed by atoms with E-state index in [0.29, 0.717) is 0 Å². The van der Waals surface area contributed by atoms with Crippen molar-refractivity contribution in [1.29, 1.82) is 10.5 Å². The molecule has 0 amide bonds. The number of fused-ring (bicyclic) bond motifs is 1. The number of nitriles is 2. The quantitative estimate of drug-likeness (QED) is 0.577. The van der Waals surface area contributed by atoms with Crippen LogP contribution in [0.15, 0.2) is 0 Å². The third-order valence-electron chi connectivity index (χ3n) is 3.19. The van der Waals surface area contributed by atoms with Crippen molar-refractivity contribution in [2.75, 3.05) is 0 Å². The van der Waals surface area contributed by atoms with Crippen LogP contribution in [0.25, 0.3) is 0 Å². The van der Waals surface area contributed by atoms with Gasteiger partial charge in [0, 0.05) is 5.54 Å². The van der Waals surface area contributed by atoms with Crippen molar-refractivity contribution in [3.05, 3.63) is 0 Å². The molecule has 2 fully saturated rings. The number of hydrogen-bond acceptors (Lipinski definition) is 4. The molecule has 0 spiro atoms. The smallest absolute Gasteiger partial charge is 0.182 e. The standard InChI is InChI=1S/C10H13N3O/c1-10(2)4-3-8-7(5-11)9(6-12)14-13(8)10/h7-9H,3-4H2,1-2H3/t7-,8+,9-/m0/s1. The van der Waals surface area contributed by atoms with Crippen molar-refractivity contribution in [3.8, 4) is 12.1 Å². The molecule has 4 nitrogen and oxygen atoms in total. The zero-order valence-electron chi connectivity index (χ0n) is 8.40. The minimum absolute atomic E-state index is 0.0363. The lowest BCUT2D eigenvalue weighted by atomic mass is 9.95. The summed E-state index contributed by atoms with van der Waals surface area (Å²) in [5.74, 6) is -0.290. The Hall–Kier alpha value is -1.10. The Balaban J connectivity index is 2.26. The van der Waals surface area contributed by atoms with E-state index in [1.54, 1.807) is 0 Å². The van der Waals surface area contributed by atoms with Gasteiger partial charge in [0.1, 0.15) is 5.92 Å². The summed E-state index contributed by atoms with van der Waals surface area (Å²) in [6, 6.07) is 4.34. The first kappa shape index (κ1) is 9.45. The van der Waals surface area contributed by atoms with Gasteiger partial charge in [-0.05, 0) is 26.7 Å². The van der Waals surface area contributed by atoms with Gasteiger partial charge in [0.25, 0.3) is 0 Å². The molecule has 0 saturated carbocycles. The fourth-order valence-corrected chi connectivity index (χ4v) is 2.37. The zero-order chi connectivity index (χ0) is 10.3. The summed E-state index contributed by atoms with van der Waals surface area (Å²) < 4.78 is 0. The molecule has 3 atom stereocenters. The summed E-state index contributed by atoms with van der Waals surface area (Å²) in [6.07, 6.45) is 1.39. The molecular formula is C10H13N3O. The highest BCUT2D eigenvalue weighted by atomic mass is 16.7.